The molecule has 2 aromatic heterocycles. The molecule has 0 aliphatic rings. The summed E-state index contributed by atoms with van der Waals surface area (Å²) < 4.78 is 2.98. The number of para-hydroxylation sites is 2. The molecule has 0 aliphatic carbocycles. The molecule has 9 nitrogen and oxygen atoms in total. The van der Waals surface area contributed by atoms with Gasteiger partial charge in [0.1, 0.15) is 0 Å². The van der Waals surface area contributed by atoms with Crippen LogP contribution in [0.15, 0.2) is 58.4 Å². The lowest BCUT2D eigenvalue weighted by molar-refractivity contribution is -0.120. The van der Waals surface area contributed by atoms with Gasteiger partial charge in [0.25, 0.3) is 11.1 Å². The minimum absolute atomic E-state index is 0.121. The number of rotatable bonds is 7. The minimum Gasteiger partial charge on any atom is -0.299 e. The SMILES string of the molecule is CCn1c(NNC(=O)CCCn2cnc3c(C)cccc3c2=O)nc2ccccc2c1=O. The van der Waals surface area contributed by atoms with Crippen molar-refractivity contribution in [1.82, 2.24) is 24.5 Å². The summed E-state index contributed by atoms with van der Waals surface area (Å²) in [6, 6.07) is 12.6. The van der Waals surface area contributed by atoms with E-state index in [9.17, 15) is 14.4 Å². The summed E-state index contributed by atoms with van der Waals surface area (Å²) >= 11 is 0. The number of aromatic nitrogens is 4. The summed E-state index contributed by atoms with van der Waals surface area (Å²) in [4.78, 5) is 46.4. The van der Waals surface area contributed by atoms with Crippen LogP contribution in [0, 0.1) is 6.92 Å². The molecule has 0 fully saturated rings. The van der Waals surface area contributed by atoms with Crippen molar-refractivity contribution in [3.05, 3.63) is 75.1 Å². The fourth-order valence-corrected chi connectivity index (χ4v) is 3.65. The third kappa shape index (κ3) is 4.09. The zero-order valence-corrected chi connectivity index (χ0v) is 18.0. The van der Waals surface area contributed by atoms with Gasteiger partial charge < -0.3 is 0 Å². The Bertz CT molecular complexity index is 1420. The second-order valence-electron chi connectivity index (χ2n) is 7.49. The van der Waals surface area contributed by atoms with E-state index in [-0.39, 0.29) is 29.4 Å². The number of carbonyl (C=O) groups is 1. The summed E-state index contributed by atoms with van der Waals surface area (Å²) in [5.41, 5.74) is 7.25. The van der Waals surface area contributed by atoms with Crippen molar-refractivity contribution in [2.24, 2.45) is 0 Å². The normalized spacial score (nSPS) is 11.1. The van der Waals surface area contributed by atoms with Crippen LogP contribution in [-0.4, -0.2) is 25.0 Å². The Morgan fingerprint density at radius 3 is 2.62 bits per heavy atom. The van der Waals surface area contributed by atoms with Gasteiger partial charge >= 0.3 is 0 Å². The smallest absolute Gasteiger partial charge is 0.262 e. The van der Waals surface area contributed by atoms with Gasteiger partial charge in [-0.1, -0.05) is 24.3 Å². The van der Waals surface area contributed by atoms with Crippen molar-refractivity contribution in [3.8, 4) is 0 Å². The van der Waals surface area contributed by atoms with E-state index in [1.807, 2.05) is 26.0 Å². The van der Waals surface area contributed by atoms with E-state index in [2.05, 4.69) is 20.8 Å². The maximum absolute atomic E-state index is 12.6. The second-order valence-corrected chi connectivity index (χ2v) is 7.49. The van der Waals surface area contributed by atoms with Crippen LogP contribution in [0.4, 0.5) is 5.95 Å². The molecule has 0 unspecified atom stereocenters. The summed E-state index contributed by atoms with van der Waals surface area (Å²) in [6.45, 7) is 4.53. The zero-order chi connectivity index (χ0) is 22.7. The largest absolute Gasteiger partial charge is 0.299 e. The van der Waals surface area contributed by atoms with Crippen LogP contribution < -0.4 is 22.0 Å². The van der Waals surface area contributed by atoms with Gasteiger partial charge in [0.15, 0.2) is 0 Å². The van der Waals surface area contributed by atoms with E-state index < -0.39 is 0 Å². The number of aryl methyl sites for hydroxylation is 2. The molecule has 1 amide bonds. The molecule has 2 heterocycles. The average Bonchev–Trinajstić information content (AvgIpc) is 2.80. The molecule has 0 radical (unpaired) electrons. The van der Waals surface area contributed by atoms with Crippen molar-refractivity contribution < 1.29 is 4.79 Å². The molecule has 0 saturated carbocycles. The maximum Gasteiger partial charge on any atom is 0.262 e. The fraction of sp³-hybridized carbons (Fsp3) is 0.261. The molecule has 0 saturated heterocycles. The highest BCUT2D eigenvalue weighted by Crippen LogP contribution is 2.12. The first-order valence-corrected chi connectivity index (χ1v) is 10.5. The van der Waals surface area contributed by atoms with E-state index in [0.29, 0.717) is 41.3 Å². The number of nitrogens with zero attached hydrogens (tertiary/aromatic N) is 4. The first kappa shape index (κ1) is 21.2. The van der Waals surface area contributed by atoms with Crippen LogP contribution in [0.25, 0.3) is 21.8 Å². The van der Waals surface area contributed by atoms with E-state index in [0.717, 1.165) is 5.56 Å². The number of hydrazine groups is 1. The monoisotopic (exact) mass is 432 g/mol. The first-order chi connectivity index (χ1) is 15.5. The van der Waals surface area contributed by atoms with Crippen molar-refractivity contribution in [1.29, 1.82) is 0 Å². The van der Waals surface area contributed by atoms with Crippen molar-refractivity contribution in [2.75, 3.05) is 5.43 Å². The van der Waals surface area contributed by atoms with Crippen molar-refractivity contribution in [3.63, 3.8) is 0 Å². The Labute approximate surface area is 183 Å². The van der Waals surface area contributed by atoms with Gasteiger partial charge in [-0.25, -0.2) is 9.97 Å². The molecule has 2 N–H and O–H groups in total. The van der Waals surface area contributed by atoms with Gasteiger partial charge in [0.05, 0.1) is 28.1 Å². The van der Waals surface area contributed by atoms with Crippen LogP contribution in [-0.2, 0) is 17.9 Å². The average molecular weight is 432 g/mol. The number of fused-ring (bicyclic) bond motifs is 2. The van der Waals surface area contributed by atoms with Crippen LogP contribution in [0.3, 0.4) is 0 Å². The number of nitrogens with one attached hydrogen (secondary N) is 2. The van der Waals surface area contributed by atoms with Gasteiger partial charge in [0, 0.05) is 19.5 Å². The maximum atomic E-state index is 12.6. The van der Waals surface area contributed by atoms with E-state index in [1.54, 1.807) is 30.3 Å². The third-order valence-electron chi connectivity index (χ3n) is 5.35. The molecule has 32 heavy (non-hydrogen) atoms. The van der Waals surface area contributed by atoms with Crippen LogP contribution in [0.5, 0.6) is 0 Å². The zero-order valence-electron chi connectivity index (χ0n) is 18.0. The topological polar surface area (TPSA) is 111 Å². The summed E-state index contributed by atoms with van der Waals surface area (Å²) in [5, 5.41) is 1.09. The molecule has 0 spiro atoms. The van der Waals surface area contributed by atoms with Gasteiger partial charge in [0.2, 0.25) is 11.9 Å². The van der Waals surface area contributed by atoms with Gasteiger partial charge in [-0.05, 0) is 44.0 Å². The summed E-state index contributed by atoms with van der Waals surface area (Å²) in [6.07, 6.45) is 2.17. The van der Waals surface area contributed by atoms with Crippen molar-refractivity contribution in [2.45, 2.75) is 39.8 Å². The Kier molecular flexibility index (Phi) is 5.98. The second kappa shape index (κ2) is 9.01. The highest BCUT2D eigenvalue weighted by molar-refractivity contribution is 5.81. The predicted molar refractivity (Wildman–Crippen MR) is 123 cm³/mol. The summed E-state index contributed by atoms with van der Waals surface area (Å²) in [7, 11) is 0. The van der Waals surface area contributed by atoms with E-state index in [4.69, 9.17) is 0 Å². The lowest BCUT2D eigenvalue weighted by atomic mass is 10.1. The molecule has 2 aromatic carbocycles. The van der Waals surface area contributed by atoms with Crippen LogP contribution in [0.1, 0.15) is 25.3 Å². The first-order valence-electron chi connectivity index (χ1n) is 10.5. The Balaban J connectivity index is 1.39. The highest BCUT2D eigenvalue weighted by atomic mass is 16.2. The molecule has 0 aliphatic heterocycles. The molecule has 0 atom stereocenters. The molecule has 4 aromatic rings. The van der Waals surface area contributed by atoms with Crippen LogP contribution >= 0.6 is 0 Å². The Morgan fingerprint density at radius 2 is 1.81 bits per heavy atom. The van der Waals surface area contributed by atoms with Crippen molar-refractivity contribution >= 4 is 33.7 Å². The lowest BCUT2D eigenvalue weighted by Crippen LogP contribution is -2.34. The number of hydrogen-bond donors (Lipinski definition) is 2. The van der Waals surface area contributed by atoms with Gasteiger partial charge in [-0.2, -0.15) is 0 Å². The van der Waals surface area contributed by atoms with Crippen LogP contribution in [0.2, 0.25) is 0 Å². The van der Waals surface area contributed by atoms with E-state index in [1.165, 1.54) is 15.5 Å². The molecular weight excluding hydrogens is 408 g/mol. The quantitative estimate of drug-likeness (QED) is 0.434. The van der Waals surface area contributed by atoms with Gasteiger partial charge in [-0.15, -0.1) is 0 Å². The fourth-order valence-electron chi connectivity index (χ4n) is 3.65. The Morgan fingerprint density at radius 1 is 1.03 bits per heavy atom. The third-order valence-corrected chi connectivity index (χ3v) is 5.35. The Hall–Kier alpha value is -4.01. The molecule has 0 bridgehead atoms. The number of benzene rings is 2. The standard InChI is InChI=1S/C23H24N6O3/c1-3-29-22(32)16-9-4-5-11-18(16)25-23(29)27-26-19(30)12-7-13-28-14-24-20-15(2)8-6-10-17(20)21(28)31/h4-6,8-11,14H,3,7,12-13H2,1-2H3,(H,25,27)(H,26,30). The molecule has 9 heteroatoms. The predicted octanol–water partition coefficient (Wildman–Crippen LogP) is 2.36. The number of amides is 1. The highest BCUT2D eigenvalue weighted by Gasteiger charge is 2.11. The molecule has 4 rings (SSSR count). The number of hydrogen-bond acceptors (Lipinski definition) is 6. The number of anilines is 1. The summed E-state index contributed by atoms with van der Waals surface area (Å²) in [5.74, 6) is 0.00238. The number of carbonyl (C=O) groups excluding carboxylic acids is 1. The van der Waals surface area contributed by atoms with E-state index >= 15 is 0 Å². The lowest BCUT2D eigenvalue weighted by Gasteiger charge is -2.14. The molecular formula is C23H24N6O3. The van der Waals surface area contributed by atoms with Gasteiger partial charge in [-0.3, -0.25) is 34.4 Å². The molecule has 164 valence electrons. The minimum atomic E-state index is -0.271.